The van der Waals surface area contributed by atoms with Crippen molar-refractivity contribution in [3.63, 3.8) is 0 Å². The number of rotatable bonds is 6. The molecular formula is C19H19F3N6O. The number of aromatic amines is 1. The fourth-order valence-corrected chi connectivity index (χ4v) is 3.06. The van der Waals surface area contributed by atoms with Gasteiger partial charge in [0.25, 0.3) is 0 Å². The highest BCUT2D eigenvalue weighted by Crippen LogP contribution is 2.41. The van der Waals surface area contributed by atoms with E-state index in [0.29, 0.717) is 11.6 Å². The Kier molecular flexibility index (Phi) is 4.85. The van der Waals surface area contributed by atoms with Crippen LogP contribution >= 0.6 is 0 Å². The predicted octanol–water partition coefficient (Wildman–Crippen LogP) is 3.38. The van der Waals surface area contributed by atoms with Gasteiger partial charge in [0.2, 0.25) is 5.91 Å². The number of nitrogens with zero attached hydrogens (tertiary/aromatic N) is 3. The van der Waals surface area contributed by atoms with Crippen LogP contribution in [0.3, 0.4) is 0 Å². The van der Waals surface area contributed by atoms with Gasteiger partial charge in [-0.15, -0.1) is 0 Å². The van der Waals surface area contributed by atoms with Crippen molar-refractivity contribution in [1.29, 1.82) is 0 Å². The van der Waals surface area contributed by atoms with Gasteiger partial charge >= 0.3 is 6.18 Å². The number of hydrogen-bond acceptors (Lipinski definition) is 5. The summed E-state index contributed by atoms with van der Waals surface area (Å²) in [5.41, 5.74) is 3.32. The van der Waals surface area contributed by atoms with Crippen LogP contribution in [0.2, 0.25) is 0 Å². The minimum Gasteiger partial charge on any atom is -0.357 e. The largest absolute Gasteiger partial charge is 0.405 e. The molecule has 0 spiro atoms. The topological polar surface area (TPSA) is 95.6 Å². The zero-order chi connectivity index (χ0) is 20.6. The van der Waals surface area contributed by atoms with Crippen molar-refractivity contribution >= 4 is 22.8 Å². The van der Waals surface area contributed by atoms with E-state index in [1.54, 1.807) is 12.4 Å². The van der Waals surface area contributed by atoms with Gasteiger partial charge in [-0.1, -0.05) is 0 Å². The Morgan fingerprint density at radius 2 is 2.10 bits per heavy atom. The number of H-pyrrole nitrogens is 1. The predicted molar refractivity (Wildman–Crippen MR) is 101 cm³/mol. The number of hydrogen-bond donors (Lipinski definition) is 3. The number of pyridine rings is 1. The Hall–Kier alpha value is -3.17. The number of aromatic nitrogens is 4. The fourth-order valence-electron chi connectivity index (χ4n) is 3.06. The number of nitrogens with one attached hydrogen (secondary N) is 3. The van der Waals surface area contributed by atoms with Gasteiger partial charge in [0.15, 0.2) is 0 Å². The molecule has 1 atom stereocenters. The van der Waals surface area contributed by atoms with Crippen LogP contribution in [0.15, 0.2) is 30.9 Å². The van der Waals surface area contributed by atoms with Gasteiger partial charge in [0, 0.05) is 23.3 Å². The first-order valence-corrected chi connectivity index (χ1v) is 9.20. The molecule has 3 aromatic rings. The summed E-state index contributed by atoms with van der Waals surface area (Å²) in [4.78, 5) is 28.0. The van der Waals surface area contributed by atoms with Gasteiger partial charge in [-0.2, -0.15) is 13.2 Å². The van der Waals surface area contributed by atoms with Crippen LogP contribution in [0.4, 0.5) is 19.0 Å². The maximum absolute atomic E-state index is 12.3. The molecular weight excluding hydrogens is 385 g/mol. The molecule has 3 heterocycles. The van der Waals surface area contributed by atoms with E-state index >= 15 is 0 Å². The summed E-state index contributed by atoms with van der Waals surface area (Å²) in [6.07, 6.45) is 4.55. The highest BCUT2D eigenvalue weighted by atomic mass is 19.4. The van der Waals surface area contributed by atoms with E-state index in [4.69, 9.17) is 0 Å². The summed E-state index contributed by atoms with van der Waals surface area (Å²) < 4.78 is 36.8. The van der Waals surface area contributed by atoms with Crippen molar-refractivity contribution in [1.82, 2.24) is 25.3 Å². The Labute approximate surface area is 164 Å². The number of carbonyl (C=O) groups is 1. The van der Waals surface area contributed by atoms with Crippen LogP contribution in [0, 0.1) is 0 Å². The molecule has 4 rings (SSSR count). The van der Waals surface area contributed by atoms with E-state index in [0.717, 1.165) is 16.6 Å². The van der Waals surface area contributed by atoms with Crippen LogP contribution in [0.25, 0.3) is 22.3 Å². The van der Waals surface area contributed by atoms with Gasteiger partial charge in [-0.05, 0) is 37.3 Å². The molecule has 1 aliphatic carbocycles. The normalized spacial score (nSPS) is 15.3. The van der Waals surface area contributed by atoms with Crippen molar-refractivity contribution in [2.24, 2.45) is 0 Å². The molecule has 0 aromatic carbocycles. The number of anilines is 1. The van der Waals surface area contributed by atoms with Crippen molar-refractivity contribution in [3.05, 3.63) is 36.4 Å². The van der Waals surface area contributed by atoms with E-state index in [1.807, 2.05) is 11.5 Å². The van der Waals surface area contributed by atoms with E-state index in [2.05, 4.69) is 31.3 Å². The van der Waals surface area contributed by atoms with E-state index < -0.39 is 24.7 Å². The summed E-state index contributed by atoms with van der Waals surface area (Å²) in [6, 6.07) is 1.19. The number of carbonyl (C=O) groups excluding carboxylic acids is 1. The number of halogens is 3. The van der Waals surface area contributed by atoms with Gasteiger partial charge in [-0.25, -0.2) is 9.97 Å². The lowest BCUT2D eigenvalue weighted by Crippen LogP contribution is -2.42. The molecule has 7 nitrogen and oxygen atoms in total. The minimum atomic E-state index is -4.46. The second-order valence-corrected chi connectivity index (χ2v) is 7.13. The first-order chi connectivity index (χ1) is 13.8. The molecule has 3 N–H and O–H groups in total. The SMILES string of the molecule is CC(Nc1cncc(-c2c[nH]c3ncc(C4CC4)cc23)n1)C(=O)NCC(F)(F)F. The average Bonchev–Trinajstić information content (AvgIpc) is 3.44. The lowest BCUT2D eigenvalue weighted by Gasteiger charge is -2.15. The highest BCUT2D eigenvalue weighted by molar-refractivity contribution is 5.93. The minimum absolute atomic E-state index is 0.290. The third-order valence-corrected chi connectivity index (χ3v) is 4.73. The van der Waals surface area contributed by atoms with Gasteiger partial charge in [-0.3, -0.25) is 9.78 Å². The molecule has 0 radical (unpaired) electrons. The molecule has 3 aromatic heterocycles. The molecule has 29 heavy (non-hydrogen) atoms. The molecule has 152 valence electrons. The van der Waals surface area contributed by atoms with Crippen LogP contribution in [-0.4, -0.2) is 44.6 Å². The molecule has 1 unspecified atom stereocenters. The summed E-state index contributed by atoms with van der Waals surface area (Å²) in [6.45, 7) is 0.0762. The van der Waals surface area contributed by atoms with Gasteiger partial charge < -0.3 is 15.6 Å². The summed E-state index contributed by atoms with van der Waals surface area (Å²) in [5.74, 6) is 0.0718. The van der Waals surface area contributed by atoms with Crippen molar-refractivity contribution in [2.45, 2.75) is 37.9 Å². The summed E-state index contributed by atoms with van der Waals surface area (Å²) in [7, 11) is 0. The maximum atomic E-state index is 12.3. The van der Waals surface area contributed by atoms with Crippen molar-refractivity contribution < 1.29 is 18.0 Å². The average molecular weight is 404 g/mol. The molecule has 1 amide bonds. The number of alkyl halides is 3. The second kappa shape index (κ2) is 7.34. The smallest absolute Gasteiger partial charge is 0.357 e. The number of amides is 1. The second-order valence-electron chi connectivity index (χ2n) is 7.13. The van der Waals surface area contributed by atoms with Crippen LogP contribution in [0.5, 0.6) is 0 Å². The Morgan fingerprint density at radius 3 is 2.83 bits per heavy atom. The third-order valence-electron chi connectivity index (χ3n) is 4.73. The zero-order valence-electron chi connectivity index (χ0n) is 15.5. The maximum Gasteiger partial charge on any atom is 0.405 e. The molecule has 0 saturated heterocycles. The Morgan fingerprint density at radius 1 is 1.31 bits per heavy atom. The molecule has 1 fully saturated rings. The third kappa shape index (κ3) is 4.47. The van der Waals surface area contributed by atoms with Crippen LogP contribution < -0.4 is 10.6 Å². The molecule has 0 aliphatic heterocycles. The van der Waals surface area contributed by atoms with Crippen molar-refractivity contribution in [2.75, 3.05) is 11.9 Å². The highest BCUT2D eigenvalue weighted by Gasteiger charge is 2.29. The van der Waals surface area contributed by atoms with E-state index in [9.17, 15) is 18.0 Å². The summed E-state index contributed by atoms with van der Waals surface area (Å²) >= 11 is 0. The molecule has 0 bridgehead atoms. The van der Waals surface area contributed by atoms with E-state index in [-0.39, 0.29) is 5.82 Å². The van der Waals surface area contributed by atoms with Crippen molar-refractivity contribution in [3.8, 4) is 11.3 Å². The first kappa shape index (κ1) is 19.2. The van der Waals surface area contributed by atoms with Crippen LogP contribution in [0.1, 0.15) is 31.2 Å². The van der Waals surface area contributed by atoms with Crippen LogP contribution in [-0.2, 0) is 4.79 Å². The summed E-state index contributed by atoms with van der Waals surface area (Å²) in [5, 5.41) is 5.56. The monoisotopic (exact) mass is 404 g/mol. The molecule has 10 heteroatoms. The first-order valence-electron chi connectivity index (χ1n) is 9.20. The zero-order valence-corrected chi connectivity index (χ0v) is 15.5. The standard InChI is InChI=1S/C19H19F3N6O/c1-10(18(29)26-9-19(20,21)22)27-16-8-23-7-15(28-16)14-6-25-17-13(14)4-12(5-24-17)11-2-3-11/h4-8,10-11H,2-3,9H2,1H3,(H,24,25)(H,26,29)(H,27,28). The van der Waals surface area contributed by atoms with E-state index in [1.165, 1.54) is 31.5 Å². The number of fused-ring (bicyclic) bond motifs is 1. The lowest BCUT2D eigenvalue weighted by molar-refractivity contribution is -0.138. The molecule has 1 aliphatic rings. The quantitative estimate of drug-likeness (QED) is 0.586. The fraction of sp³-hybridized carbons (Fsp3) is 0.368. The van der Waals surface area contributed by atoms with Gasteiger partial charge in [0.05, 0.1) is 18.1 Å². The Bertz CT molecular complexity index is 1040. The lowest BCUT2D eigenvalue weighted by atomic mass is 10.1. The molecule has 1 saturated carbocycles. The van der Waals surface area contributed by atoms with Gasteiger partial charge in [0.1, 0.15) is 24.1 Å². The Balaban J connectivity index is 1.52.